The second kappa shape index (κ2) is 6.35. The number of hydrogen-bond donors (Lipinski definition) is 6. The van der Waals surface area contributed by atoms with Gasteiger partial charge in [-0.05, 0) is 0 Å². The number of fused-ring (bicyclic) bond motifs is 1. The lowest BCUT2D eigenvalue weighted by Crippen LogP contribution is -2.32. The Bertz CT molecular complexity index is 677. The lowest BCUT2D eigenvalue weighted by Gasteiger charge is -2.15. The molecule has 10 heteroatoms. The number of furan rings is 1. The molecule has 126 valence electrons. The third kappa shape index (κ3) is 3.00. The van der Waals surface area contributed by atoms with Crippen molar-refractivity contribution in [1.29, 1.82) is 0 Å². The molecule has 1 saturated heterocycles. The molecule has 3 rings (SSSR count). The fourth-order valence-electron chi connectivity index (χ4n) is 2.43. The van der Waals surface area contributed by atoms with Crippen LogP contribution in [-0.4, -0.2) is 73.3 Å². The van der Waals surface area contributed by atoms with Crippen molar-refractivity contribution in [3.05, 3.63) is 18.2 Å². The van der Waals surface area contributed by atoms with Gasteiger partial charge < -0.3 is 40.0 Å². The normalized spacial score (nSPS) is 27.9. The van der Waals surface area contributed by atoms with Gasteiger partial charge in [-0.3, -0.25) is 0 Å². The van der Waals surface area contributed by atoms with Crippen LogP contribution < -0.4 is 5.32 Å². The van der Waals surface area contributed by atoms with Gasteiger partial charge in [-0.1, -0.05) is 0 Å². The molecule has 0 saturated carbocycles. The van der Waals surface area contributed by atoms with Crippen LogP contribution in [0.5, 0.6) is 0 Å². The van der Waals surface area contributed by atoms with Gasteiger partial charge >= 0.3 is 0 Å². The highest BCUT2D eigenvalue weighted by Gasteiger charge is 2.44. The highest BCUT2D eigenvalue weighted by Crippen LogP contribution is 2.33. The molecule has 6 N–H and O–H groups in total. The van der Waals surface area contributed by atoms with Crippen molar-refractivity contribution in [3.8, 4) is 0 Å². The number of nitrogens with zero attached hydrogens (tertiary/aromatic N) is 2. The standard InChI is InChI=1S/C13H17N3O7/c17-4-6-8(20)9(21)11(23-6)13-15-5-1-2-22-10(5)12(16-13)14-3-7(18)19/h1-2,6-9,11,17-21H,3-4H2,(H,14,15,16)/t6-,8-,9-,11?/m1/s1. The summed E-state index contributed by atoms with van der Waals surface area (Å²) in [6.07, 6.45) is -4.72. The fourth-order valence-corrected chi connectivity index (χ4v) is 2.43. The summed E-state index contributed by atoms with van der Waals surface area (Å²) in [7, 11) is 0. The molecule has 1 aliphatic heterocycles. The highest BCUT2D eigenvalue weighted by molar-refractivity contribution is 5.83. The maximum atomic E-state index is 10.1. The Hall–Kier alpha value is -1.82. The van der Waals surface area contributed by atoms with E-state index in [2.05, 4.69) is 15.3 Å². The first kappa shape index (κ1) is 16.1. The molecular formula is C13H17N3O7. The van der Waals surface area contributed by atoms with E-state index in [0.29, 0.717) is 11.1 Å². The molecule has 10 nitrogen and oxygen atoms in total. The average Bonchev–Trinajstić information content (AvgIpc) is 3.10. The second-order valence-electron chi connectivity index (χ2n) is 5.19. The van der Waals surface area contributed by atoms with Gasteiger partial charge in [-0.15, -0.1) is 0 Å². The zero-order chi connectivity index (χ0) is 16.6. The Balaban J connectivity index is 1.95. The van der Waals surface area contributed by atoms with Crippen LogP contribution in [0.1, 0.15) is 11.9 Å². The first-order valence-electron chi connectivity index (χ1n) is 6.99. The SMILES string of the molecule is OC[C@H]1OC(c2nc(NCC(O)O)c3occc3n2)[C@H](O)[C@@H]1O. The molecule has 2 aromatic rings. The maximum absolute atomic E-state index is 10.1. The van der Waals surface area contributed by atoms with Gasteiger partial charge in [0.15, 0.2) is 23.5 Å². The third-order valence-electron chi connectivity index (χ3n) is 3.57. The van der Waals surface area contributed by atoms with E-state index in [1.807, 2.05) is 0 Å². The van der Waals surface area contributed by atoms with Crippen LogP contribution in [0, 0.1) is 0 Å². The summed E-state index contributed by atoms with van der Waals surface area (Å²) >= 11 is 0. The minimum Gasteiger partial charge on any atom is -0.459 e. The van der Waals surface area contributed by atoms with Crippen molar-refractivity contribution in [3.63, 3.8) is 0 Å². The molecule has 1 fully saturated rings. The fraction of sp³-hybridized carbons (Fsp3) is 0.538. The predicted molar refractivity (Wildman–Crippen MR) is 75.2 cm³/mol. The first-order chi connectivity index (χ1) is 11.0. The minimum absolute atomic E-state index is 0.0799. The Morgan fingerprint density at radius 1 is 1.22 bits per heavy atom. The van der Waals surface area contributed by atoms with E-state index >= 15 is 0 Å². The van der Waals surface area contributed by atoms with Crippen molar-refractivity contribution in [1.82, 2.24) is 9.97 Å². The smallest absolute Gasteiger partial charge is 0.194 e. The van der Waals surface area contributed by atoms with Gasteiger partial charge in [0.2, 0.25) is 0 Å². The molecule has 0 amide bonds. The first-order valence-corrected chi connectivity index (χ1v) is 6.99. The molecule has 0 aliphatic carbocycles. The molecule has 23 heavy (non-hydrogen) atoms. The number of aliphatic hydroxyl groups is 5. The molecule has 2 aromatic heterocycles. The molecule has 4 atom stereocenters. The number of hydrogen-bond acceptors (Lipinski definition) is 10. The number of ether oxygens (including phenoxy) is 1. The number of aromatic nitrogens is 2. The van der Waals surface area contributed by atoms with Crippen molar-refractivity contribution < 1.29 is 34.7 Å². The number of rotatable bonds is 5. The molecule has 0 radical (unpaired) electrons. The molecule has 1 aliphatic rings. The molecule has 0 aromatic carbocycles. The summed E-state index contributed by atoms with van der Waals surface area (Å²) in [6, 6.07) is 1.57. The van der Waals surface area contributed by atoms with Gasteiger partial charge in [0, 0.05) is 6.07 Å². The van der Waals surface area contributed by atoms with E-state index < -0.39 is 37.3 Å². The Morgan fingerprint density at radius 2 is 2.00 bits per heavy atom. The zero-order valence-corrected chi connectivity index (χ0v) is 11.9. The minimum atomic E-state index is -1.59. The lowest BCUT2D eigenvalue weighted by molar-refractivity contribution is -0.0278. The zero-order valence-electron chi connectivity index (χ0n) is 11.9. The largest absolute Gasteiger partial charge is 0.459 e. The van der Waals surface area contributed by atoms with E-state index in [9.17, 15) is 10.2 Å². The van der Waals surface area contributed by atoms with Crippen LogP contribution in [0.15, 0.2) is 16.7 Å². The van der Waals surface area contributed by atoms with Crippen LogP contribution in [0.25, 0.3) is 11.1 Å². The summed E-state index contributed by atoms with van der Waals surface area (Å²) < 4.78 is 10.6. The van der Waals surface area contributed by atoms with E-state index in [1.54, 1.807) is 6.07 Å². The Kier molecular flexibility index (Phi) is 4.43. The summed E-state index contributed by atoms with van der Waals surface area (Å²) in [4.78, 5) is 8.38. The van der Waals surface area contributed by atoms with Crippen molar-refractivity contribution in [2.75, 3.05) is 18.5 Å². The topological polar surface area (TPSA) is 161 Å². The van der Waals surface area contributed by atoms with Gasteiger partial charge in [-0.2, -0.15) is 0 Å². The van der Waals surface area contributed by atoms with E-state index in [-0.39, 0.29) is 18.2 Å². The maximum Gasteiger partial charge on any atom is 0.194 e. The third-order valence-corrected chi connectivity index (χ3v) is 3.57. The van der Waals surface area contributed by atoms with Gasteiger partial charge in [-0.25, -0.2) is 9.97 Å². The lowest BCUT2D eigenvalue weighted by atomic mass is 10.1. The monoisotopic (exact) mass is 327 g/mol. The van der Waals surface area contributed by atoms with Crippen LogP contribution in [-0.2, 0) is 4.74 Å². The van der Waals surface area contributed by atoms with Crippen LogP contribution >= 0.6 is 0 Å². The van der Waals surface area contributed by atoms with Crippen LogP contribution in [0.4, 0.5) is 5.82 Å². The van der Waals surface area contributed by atoms with Gasteiger partial charge in [0.05, 0.1) is 19.4 Å². The number of anilines is 1. The molecule has 0 bridgehead atoms. The molecule has 3 heterocycles. The van der Waals surface area contributed by atoms with E-state index in [0.717, 1.165) is 0 Å². The van der Waals surface area contributed by atoms with Crippen molar-refractivity contribution in [2.45, 2.75) is 30.7 Å². The van der Waals surface area contributed by atoms with E-state index in [1.165, 1.54) is 6.26 Å². The van der Waals surface area contributed by atoms with Crippen LogP contribution in [0.2, 0.25) is 0 Å². The molecule has 0 spiro atoms. The number of aliphatic hydroxyl groups excluding tert-OH is 4. The Morgan fingerprint density at radius 3 is 2.65 bits per heavy atom. The van der Waals surface area contributed by atoms with Crippen LogP contribution in [0.3, 0.4) is 0 Å². The second-order valence-corrected chi connectivity index (χ2v) is 5.19. The number of nitrogens with one attached hydrogen (secondary N) is 1. The van der Waals surface area contributed by atoms with Gasteiger partial charge in [0.1, 0.15) is 29.9 Å². The highest BCUT2D eigenvalue weighted by atomic mass is 16.6. The summed E-state index contributed by atoms with van der Waals surface area (Å²) in [6.45, 7) is -0.646. The quantitative estimate of drug-likeness (QED) is 0.342. The Labute approximate surface area is 130 Å². The van der Waals surface area contributed by atoms with Gasteiger partial charge in [0.25, 0.3) is 0 Å². The molecular weight excluding hydrogens is 310 g/mol. The summed E-state index contributed by atoms with van der Waals surface area (Å²) in [5.41, 5.74) is 0.726. The van der Waals surface area contributed by atoms with Crippen molar-refractivity contribution >= 4 is 16.9 Å². The predicted octanol–water partition coefficient (Wildman–Crippen LogP) is -1.90. The summed E-state index contributed by atoms with van der Waals surface area (Å²) in [5.74, 6) is 0.275. The molecule has 1 unspecified atom stereocenters. The average molecular weight is 327 g/mol. The summed E-state index contributed by atoms with van der Waals surface area (Å²) in [5, 5.41) is 49.6. The van der Waals surface area contributed by atoms with E-state index in [4.69, 9.17) is 24.5 Å². The van der Waals surface area contributed by atoms with Crippen molar-refractivity contribution in [2.24, 2.45) is 0 Å².